The average Bonchev–Trinajstić information content (AvgIpc) is 3.32. The number of halogens is 1. The number of carbonyl (C=O) groups is 2. The number of aromatic nitrogens is 1. The van der Waals surface area contributed by atoms with Gasteiger partial charge in [-0.25, -0.2) is 20.0 Å². The van der Waals surface area contributed by atoms with E-state index in [1.807, 2.05) is 38.8 Å². The Bertz CT molecular complexity index is 1440. The maximum atomic E-state index is 14.4. The van der Waals surface area contributed by atoms with Gasteiger partial charge in [-0.05, 0) is 35.8 Å². The number of hydrazine groups is 1. The van der Waals surface area contributed by atoms with Gasteiger partial charge in [0, 0.05) is 74.3 Å². The molecule has 1 fully saturated rings. The quantitative estimate of drug-likeness (QED) is 0.0890. The number of allylic oxidation sites excluding steroid dienone is 2. The van der Waals surface area contributed by atoms with Gasteiger partial charge in [-0.2, -0.15) is 0 Å². The zero-order chi connectivity index (χ0) is 33.1. The summed E-state index contributed by atoms with van der Waals surface area (Å²) in [6, 6.07) is 4.48. The molecule has 0 bridgehead atoms. The number of carbonyl (C=O) groups excluding carboxylic acids is 1. The summed E-state index contributed by atoms with van der Waals surface area (Å²) in [4.78, 5) is 31.8. The lowest BCUT2D eigenvalue weighted by Gasteiger charge is -2.32. The van der Waals surface area contributed by atoms with Gasteiger partial charge in [0.2, 0.25) is 0 Å². The molecule has 1 aromatic carbocycles. The molecule has 0 amide bonds. The first kappa shape index (κ1) is 35.4. The highest BCUT2D eigenvalue weighted by atomic mass is 19.1. The Balaban J connectivity index is 0.00000271. The molecule has 45 heavy (non-hydrogen) atoms. The molecule has 2 aliphatic rings. The summed E-state index contributed by atoms with van der Waals surface area (Å²) in [5, 5.41) is 11.2. The molecular weight excluding hydrogens is 581 g/mol. The lowest BCUT2D eigenvalue weighted by atomic mass is 9.99. The average molecular weight is 628 g/mol. The minimum absolute atomic E-state index is 0.0269. The number of ether oxygens (including phenoxy) is 2. The number of aldehydes is 1. The lowest BCUT2D eigenvalue weighted by Crippen LogP contribution is -2.46. The van der Waals surface area contributed by atoms with Crippen LogP contribution in [-0.4, -0.2) is 89.9 Å². The van der Waals surface area contributed by atoms with Gasteiger partial charge in [-0.3, -0.25) is 9.69 Å². The molecular formula is C32H46FN7O5. The second-order valence-corrected chi connectivity index (χ2v) is 10.8. The van der Waals surface area contributed by atoms with Crippen LogP contribution in [-0.2, 0) is 27.4 Å². The highest BCUT2D eigenvalue weighted by Gasteiger charge is 2.28. The van der Waals surface area contributed by atoms with E-state index in [9.17, 15) is 14.0 Å². The van der Waals surface area contributed by atoms with Crippen molar-refractivity contribution in [2.45, 2.75) is 52.8 Å². The molecule has 1 unspecified atom stereocenters. The Morgan fingerprint density at radius 1 is 1.31 bits per heavy atom. The number of hydrogen-bond donors (Lipinski definition) is 4. The van der Waals surface area contributed by atoms with Gasteiger partial charge in [0.1, 0.15) is 18.7 Å². The molecule has 0 saturated carbocycles. The predicted molar refractivity (Wildman–Crippen MR) is 172 cm³/mol. The molecule has 1 saturated heterocycles. The van der Waals surface area contributed by atoms with E-state index in [-0.39, 0.29) is 24.8 Å². The zero-order valence-corrected chi connectivity index (χ0v) is 26.6. The fourth-order valence-corrected chi connectivity index (χ4v) is 5.50. The van der Waals surface area contributed by atoms with Crippen molar-refractivity contribution in [3.63, 3.8) is 0 Å². The number of pyridine rings is 1. The first-order valence-corrected chi connectivity index (χ1v) is 15.2. The van der Waals surface area contributed by atoms with E-state index in [1.165, 1.54) is 17.1 Å². The topological polar surface area (TPSA) is 173 Å². The molecule has 13 heteroatoms. The molecule has 2 aromatic rings. The van der Waals surface area contributed by atoms with Crippen molar-refractivity contribution in [3.8, 4) is 0 Å². The van der Waals surface area contributed by atoms with Crippen LogP contribution in [0.25, 0.3) is 16.6 Å². The van der Waals surface area contributed by atoms with Crippen molar-refractivity contribution in [1.82, 2.24) is 19.8 Å². The number of morpholine rings is 1. The van der Waals surface area contributed by atoms with Crippen molar-refractivity contribution in [2.75, 3.05) is 46.4 Å². The normalized spacial score (nSPS) is 18.3. The van der Waals surface area contributed by atoms with Gasteiger partial charge in [0.15, 0.2) is 0 Å². The summed E-state index contributed by atoms with van der Waals surface area (Å²) >= 11 is 0. The van der Waals surface area contributed by atoms with E-state index in [0.29, 0.717) is 68.0 Å². The Kier molecular flexibility index (Phi) is 13.3. The van der Waals surface area contributed by atoms with Crippen LogP contribution in [0.3, 0.4) is 0 Å². The van der Waals surface area contributed by atoms with Crippen LogP contribution in [0.2, 0.25) is 0 Å². The van der Waals surface area contributed by atoms with Crippen molar-refractivity contribution in [2.24, 2.45) is 17.3 Å². The first-order valence-electron chi connectivity index (χ1n) is 15.2. The molecule has 1 aromatic heterocycles. The molecule has 12 nitrogen and oxygen atoms in total. The molecule has 0 spiro atoms. The minimum Gasteiger partial charge on any atom is -0.450 e. The van der Waals surface area contributed by atoms with E-state index < -0.39 is 12.0 Å². The van der Waals surface area contributed by atoms with E-state index in [1.54, 1.807) is 12.3 Å². The highest BCUT2D eigenvalue weighted by molar-refractivity contribution is 5.88. The van der Waals surface area contributed by atoms with Gasteiger partial charge in [-0.15, -0.1) is 0 Å². The summed E-state index contributed by atoms with van der Waals surface area (Å²) in [7, 11) is 1.90. The number of nitrogens with two attached hydrogens (primary N) is 3. The first-order chi connectivity index (χ1) is 21.6. The van der Waals surface area contributed by atoms with Crippen LogP contribution in [0.15, 0.2) is 47.3 Å². The Hall–Kier alpha value is -4.04. The second kappa shape index (κ2) is 16.9. The largest absolute Gasteiger partial charge is 0.506 e. The highest BCUT2D eigenvalue weighted by Crippen LogP contribution is 2.37. The van der Waals surface area contributed by atoms with Gasteiger partial charge >= 0.3 is 6.16 Å². The Morgan fingerprint density at radius 2 is 2.07 bits per heavy atom. The third-order valence-corrected chi connectivity index (χ3v) is 7.52. The van der Waals surface area contributed by atoms with E-state index in [0.717, 1.165) is 35.2 Å². The van der Waals surface area contributed by atoms with E-state index in [2.05, 4.69) is 9.64 Å². The second-order valence-electron chi connectivity index (χ2n) is 10.8. The van der Waals surface area contributed by atoms with Crippen LogP contribution in [0, 0.1) is 5.82 Å². The van der Waals surface area contributed by atoms with E-state index in [4.69, 9.17) is 32.1 Å². The molecule has 0 aliphatic carbocycles. The zero-order valence-electron chi connectivity index (χ0n) is 26.6. The molecule has 4 rings (SSSR count). The van der Waals surface area contributed by atoms with Crippen molar-refractivity contribution < 1.29 is 28.6 Å². The molecule has 0 radical (unpaired) electrons. The Labute approximate surface area is 263 Å². The van der Waals surface area contributed by atoms with Crippen molar-refractivity contribution in [1.29, 1.82) is 0 Å². The number of hydrogen-bond acceptors (Lipinski definition) is 11. The minimum atomic E-state index is -1.46. The summed E-state index contributed by atoms with van der Waals surface area (Å²) in [5.41, 5.74) is 17.2. The summed E-state index contributed by atoms with van der Waals surface area (Å²) in [6.07, 6.45) is 3.90. The number of carboxylic acid groups (broad SMARTS) is 1. The van der Waals surface area contributed by atoms with Crippen molar-refractivity contribution >= 4 is 29.0 Å². The molecule has 2 aliphatic heterocycles. The SMILES string of the molecule is CC.CCCC(/C=C1/c2nc3cc(F)ccc3c(CN(N)/C=C(\N)CN3CCOC(CN)C3)c2CN1C)=C(/C=O)COC(=O)O. The summed E-state index contributed by atoms with van der Waals surface area (Å²) in [6.45, 7) is 9.37. The molecule has 3 heterocycles. The smallest absolute Gasteiger partial charge is 0.450 e. The van der Waals surface area contributed by atoms with E-state index >= 15 is 0 Å². The van der Waals surface area contributed by atoms with Gasteiger partial charge in [-0.1, -0.05) is 27.2 Å². The van der Waals surface area contributed by atoms with Crippen molar-refractivity contribution in [3.05, 3.63) is 70.0 Å². The predicted octanol–water partition coefficient (Wildman–Crippen LogP) is 3.31. The van der Waals surface area contributed by atoms with Crippen LogP contribution in [0.5, 0.6) is 0 Å². The standard InChI is InChI=1S/C30H40FN7O5.C2H6/c1-3-4-19(20(17-39)18-43-30(40)41)9-28-29-26(15-36(28)2)25(24-6-5-21(31)10-27(24)35-29)16-38(34)13-22(33)12-37-7-8-42-23(11-32)14-37;1-2/h5-6,9-10,13,17,23H,3-4,7-8,11-12,14-16,18,32-34H2,1-2H3,(H,40,41);1-2H3/b20-19+,22-13-,28-9-;. The van der Waals surface area contributed by atoms with Gasteiger partial charge in [0.05, 0.1) is 36.2 Å². The summed E-state index contributed by atoms with van der Waals surface area (Å²) < 4.78 is 24.7. The summed E-state index contributed by atoms with van der Waals surface area (Å²) in [5.74, 6) is 6.05. The maximum Gasteiger partial charge on any atom is 0.506 e. The number of nitrogens with zero attached hydrogens (tertiary/aromatic N) is 4. The van der Waals surface area contributed by atoms with Crippen LogP contribution in [0.4, 0.5) is 9.18 Å². The fourth-order valence-electron chi connectivity index (χ4n) is 5.50. The third kappa shape index (κ3) is 9.24. The van der Waals surface area contributed by atoms with Gasteiger partial charge in [0.25, 0.3) is 0 Å². The third-order valence-electron chi connectivity index (χ3n) is 7.52. The Morgan fingerprint density at radius 3 is 2.73 bits per heavy atom. The number of benzene rings is 1. The number of rotatable bonds is 12. The van der Waals surface area contributed by atoms with Crippen LogP contribution in [0.1, 0.15) is 50.4 Å². The monoisotopic (exact) mass is 627 g/mol. The van der Waals surface area contributed by atoms with Gasteiger partial charge < -0.3 is 36.0 Å². The van der Waals surface area contributed by atoms with Crippen LogP contribution < -0.4 is 17.3 Å². The number of fused-ring (bicyclic) bond motifs is 2. The maximum absolute atomic E-state index is 14.4. The lowest BCUT2D eigenvalue weighted by molar-refractivity contribution is -0.105. The molecule has 7 N–H and O–H groups in total. The molecule has 1 atom stereocenters. The van der Waals surface area contributed by atoms with Crippen LogP contribution >= 0.6 is 0 Å². The fraction of sp³-hybridized carbons (Fsp3) is 0.469. The molecule has 246 valence electrons.